The lowest BCUT2D eigenvalue weighted by atomic mass is 10.0. The molecule has 0 radical (unpaired) electrons. The Morgan fingerprint density at radius 2 is 2.00 bits per heavy atom. The summed E-state index contributed by atoms with van der Waals surface area (Å²) < 4.78 is 0. The highest BCUT2D eigenvalue weighted by Gasteiger charge is 2.16. The zero-order valence-electron chi connectivity index (χ0n) is 10.2. The van der Waals surface area contributed by atoms with Gasteiger partial charge in [-0.25, -0.2) is 0 Å². The zero-order valence-corrected chi connectivity index (χ0v) is 10.2. The summed E-state index contributed by atoms with van der Waals surface area (Å²) in [7, 11) is 4.18. The highest BCUT2D eigenvalue weighted by Crippen LogP contribution is 2.21. The van der Waals surface area contributed by atoms with Crippen molar-refractivity contribution in [3.05, 3.63) is 35.4 Å². The monoisotopic (exact) mass is 206 g/mol. The minimum absolute atomic E-state index is 0.473. The molecule has 1 N–H and O–H groups in total. The molecule has 2 nitrogen and oxygen atoms in total. The molecular formula is C13H22N2. The van der Waals surface area contributed by atoms with E-state index in [2.05, 4.69) is 55.4 Å². The normalized spacial score (nSPS) is 13.1. The molecule has 2 heteroatoms. The van der Waals surface area contributed by atoms with Gasteiger partial charge in [0.1, 0.15) is 0 Å². The molecule has 0 aliphatic carbocycles. The van der Waals surface area contributed by atoms with Crippen molar-refractivity contribution in [3.63, 3.8) is 0 Å². The van der Waals surface area contributed by atoms with E-state index in [9.17, 15) is 0 Å². The van der Waals surface area contributed by atoms with Gasteiger partial charge in [-0.1, -0.05) is 31.2 Å². The number of nitrogens with one attached hydrogen (secondary N) is 1. The number of likely N-dealkylation sites (N-methyl/N-ethyl adjacent to an activating group) is 2. The lowest BCUT2D eigenvalue weighted by molar-refractivity contribution is 0.253. The summed E-state index contributed by atoms with van der Waals surface area (Å²) in [4.78, 5) is 2.37. The third kappa shape index (κ3) is 3.05. The fraction of sp³-hybridized carbons (Fsp3) is 0.538. The van der Waals surface area contributed by atoms with Gasteiger partial charge >= 0.3 is 0 Å². The summed E-state index contributed by atoms with van der Waals surface area (Å²) in [6.07, 6.45) is 0. The summed E-state index contributed by atoms with van der Waals surface area (Å²) in [5, 5.41) is 3.27. The van der Waals surface area contributed by atoms with Crippen LogP contribution in [0.25, 0.3) is 0 Å². The van der Waals surface area contributed by atoms with E-state index in [0.717, 1.165) is 13.1 Å². The fourth-order valence-corrected chi connectivity index (χ4v) is 1.88. The van der Waals surface area contributed by atoms with Gasteiger partial charge < -0.3 is 5.32 Å². The molecule has 0 fully saturated rings. The summed E-state index contributed by atoms with van der Waals surface area (Å²) >= 11 is 0. The topological polar surface area (TPSA) is 15.3 Å². The number of hydrogen-bond acceptors (Lipinski definition) is 2. The molecule has 0 saturated heterocycles. The predicted molar refractivity (Wildman–Crippen MR) is 66.2 cm³/mol. The van der Waals surface area contributed by atoms with Crippen LogP contribution in [0.5, 0.6) is 0 Å². The highest BCUT2D eigenvalue weighted by molar-refractivity contribution is 5.29. The van der Waals surface area contributed by atoms with Crippen LogP contribution in [0.2, 0.25) is 0 Å². The van der Waals surface area contributed by atoms with E-state index in [-0.39, 0.29) is 0 Å². The molecule has 1 rings (SSSR count). The third-order valence-electron chi connectivity index (χ3n) is 2.98. The molecule has 0 saturated carbocycles. The maximum Gasteiger partial charge on any atom is 0.0472 e. The average molecular weight is 206 g/mol. The van der Waals surface area contributed by atoms with Crippen molar-refractivity contribution in [1.82, 2.24) is 10.2 Å². The molecule has 0 aliphatic rings. The van der Waals surface area contributed by atoms with Crippen molar-refractivity contribution in [2.75, 3.05) is 27.2 Å². The van der Waals surface area contributed by atoms with Crippen LogP contribution in [0.1, 0.15) is 24.1 Å². The number of benzene rings is 1. The molecule has 15 heavy (non-hydrogen) atoms. The van der Waals surface area contributed by atoms with E-state index < -0.39 is 0 Å². The summed E-state index contributed by atoms with van der Waals surface area (Å²) in [6, 6.07) is 9.10. The number of rotatable bonds is 5. The number of nitrogens with zero attached hydrogens (tertiary/aromatic N) is 1. The molecule has 0 aromatic heterocycles. The van der Waals surface area contributed by atoms with Gasteiger partial charge in [0, 0.05) is 12.6 Å². The van der Waals surface area contributed by atoms with Gasteiger partial charge in [0.15, 0.2) is 0 Å². The van der Waals surface area contributed by atoms with Crippen LogP contribution in [0.4, 0.5) is 0 Å². The van der Waals surface area contributed by atoms with Crippen LogP contribution in [0.15, 0.2) is 24.3 Å². The van der Waals surface area contributed by atoms with Crippen molar-refractivity contribution in [2.45, 2.75) is 19.9 Å². The Bertz CT molecular complexity index is 296. The maximum atomic E-state index is 3.27. The van der Waals surface area contributed by atoms with E-state index in [0.29, 0.717) is 6.04 Å². The lowest BCUT2D eigenvalue weighted by Gasteiger charge is -2.28. The highest BCUT2D eigenvalue weighted by atomic mass is 15.1. The van der Waals surface area contributed by atoms with Crippen LogP contribution in [0, 0.1) is 6.92 Å². The Labute approximate surface area is 93.3 Å². The first-order chi connectivity index (χ1) is 7.20. The number of aryl methyl sites for hydroxylation is 1. The second kappa shape index (κ2) is 5.89. The van der Waals surface area contributed by atoms with Crippen molar-refractivity contribution in [3.8, 4) is 0 Å². The summed E-state index contributed by atoms with van der Waals surface area (Å²) in [6.45, 7) is 6.44. The summed E-state index contributed by atoms with van der Waals surface area (Å²) in [5.41, 5.74) is 2.80. The smallest absolute Gasteiger partial charge is 0.0472 e. The first-order valence-corrected chi connectivity index (χ1v) is 5.61. The van der Waals surface area contributed by atoms with Crippen LogP contribution in [-0.2, 0) is 0 Å². The van der Waals surface area contributed by atoms with Gasteiger partial charge in [0.25, 0.3) is 0 Å². The molecule has 84 valence electrons. The first-order valence-electron chi connectivity index (χ1n) is 5.61. The molecule has 0 amide bonds. The SMILES string of the molecule is CCN(C)C(CNC)c1ccccc1C. The van der Waals surface area contributed by atoms with Crippen molar-refractivity contribution in [1.29, 1.82) is 0 Å². The molecular weight excluding hydrogens is 184 g/mol. The van der Waals surface area contributed by atoms with E-state index in [1.54, 1.807) is 0 Å². The van der Waals surface area contributed by atoms with E-state index in [1.807, 2.05) is 7.05 Å². The standard InChI is InChI=1S/C13H22N2/c1-5-15(4)13(10-14-3)12-9-7-6-8-11(12)2/h6-9,13-14H,5,10H2,1-4H3. The van der Waals surface area contributed by atoms with Crippen LogP contribution < -0.4 is 5.32 Å². The van der Waals surface area contributed by atoms with Crippen molar-refractivity contribution < 1.29 is 0 Å². The van der Waals surface area contributed by atoms with E-state index >= 15 is 0 Å². The average Bonchev–Trinajstić information content (AvgIpc) is 2.26. The van der Waals surface area contributed by atoms with Gasteiger partial charge in [-0.2, -0.15) is 0 Å². The Kier molecular flexibility index (Phi) is 4.79. The van der Waals surface area contributed by atoms with E-state index in [4.69, 9.17) is 0 Å². The fourth-order valence-electron chi connectivity index (χ4n) is 1.88. The molecule has 0 bridgehead atoms. The molecule has 1 aromatic carbocycles. The Hall–Kier alpha value is -0.860. The minimum Gasteiger partial charge on any atom is -0.318 e. The molecule has 1 atom stereocenters. The Balaban J connectivity index is 2.93. The molecule has 1 aromatic rings. The maximum absolute atomic E-state index is 3.27. The van der Waals surface area contributed by atoms with Crippen LogP contribution >= 0.6 is 0 Å². The predicted octanol–water partition coefficient (Wildman–Crippen LogP) is 2.21. The molecule has 0 heterocycles. The van der Waals surface area contributed by atoms with Crippen LogP contribution in [0.3, 0.4) is 0 Å². The first kappa shape index (κ1) is 12.2. The number of hydrogen-bond donors (Lipinski definition) is 1. The summed E-state index contributed by atoms with van der Waals surface area (Å²) in [5.74, 6) is 0. The lowest BCUT2D eigenvalue weighted by Crippen LogP contribution is -2.32. The molecule has 1 unspecified atom stereocenters. The quantitative estimate of drug-likeness (QED) is 0.794. The van der Waals surface area contributed by atoms with Gasteiger partial charge in [0.2, 0.25) is 0 Å². The van der Waals surface area contributed by atoms with Crippen molar-refractivity contribution in [2.24, 2.45) is 0 Å². The Morgan fingerprint density at radius 3 is 2.53 bits per heavy atom. The van der Waals surface area contributed by atoms with Gasteiger partial charge in [-0.15, -0.1) is 0 Å². The zero-order chi connectivity index (χ0) is 11.3. The second-order valence-corrected chi connectivity index (χ2v) is 4.00. The van der Waals surface area contributed by atoms with Gasteiger partial charge in [-0.3, -0.25) is 4.90 Å². The van der Waals surface area contributed by atoms with Crippen molar-refractivity contribution >= 4 is 0 Å². The van der Waals surface area contributed by atoms with Gasteiger partial charge in [0.05, 0.1) is 0 Å². The minimum atomic E-state index is 0.473. The van der Waals surface area contributed by atoms with E-state index in [1.165, 1.54) is 11.1 Å². The second-order valence-electron chi connectivity index (χ2n) is 4.00. The third-order valence-corrected chi connectivity index (χ3v) is 2.98. The Morgan fingerprint density at radius 1 is 1.33 bits per heavy atom. The van der Waals surface area contributed by atoms with Gasteiger partial charge in [-0.05, 0) is 38.7 Å². The molecule has 0 spiro atoms. The van der Waals surface area contributed by atoms with Crippen LogP contribution in [-0.4, -0.2) is 32.1 Å². The molecule has 0 aliphatic heterocycles. The largest absolute Gasteiger partial charge is 0.318 e.